The van der Waals surface area contributed by atoms with E-state index < -0.39 is 37.3 Å². The molecule has 0 aliphatic carbocycles. The molecule has 1 heterocycles. The predicted molar refractivity (Wildman–Crippen MR) is 417 cm³/mol. The molecule has 97 heavy (non-hydrogen) atoms. The van der Waals surface area contributed by atoms with Crippen LogP contribution in [0.5, 0.6) is 0 Å². The molecule has 0 saturated carbocycles. The zero-order chi connectivity index (χ0) is 66.4. The van der Waals surface area contributed by atoms with Crippen LogP contribution < -0.4 is 63.7 Å². The number of amides is 1. The fourth-order valence-corrected chi connectivity index (χ4v) is 20.3. The van der Waals surface area contributed by atoms with Crippen LogP contribution in [0, 0.1) is 11.3 Å². The van der Waals surface area contributed by atoms with Crippen LogP contribution in [0.3, 0.4) is 0 Å². The Hall–Kier alpha value is -9.00. The van der Waals surface area contributed by atoms with Gasteiger partial charge in [-0.15, -0.1) is 0 Å². The third kappa shape index (κ3) is 21.8. The molecular formula is C88H80N2O2P4Pd. The van der Waals surface area contributed by atoms with Gasteiger partial charge in [0.15, 0.2) is 0 Å². The van der Waals surface area contributed by atoms with Crippen LogP contribution in [0.15, 0.2) is 382 Å². The van der Waals surface area contributed by atoms with Crippen molar-refractivity contribution in [3.63, 3.8) is 0 Å². The van der Waals surface area contributed by atoms with Crippen molar-refractivity contribution in [3.8, 4) is 6.07 Å². The van der Waals surface area contributed by atoms with Crippen molar-refractivity contribution in [2.75, 3.05) is 13.1 Å². The molecule has 0 bridgehead atoms. The summed E-state index contributed by atoms with van der Waals surface area (Å²) in [6.45, 7) is 6.83. The average molecular weight is 1430 g/mol. The minimum atomic E-state index is -0.478. The van der Waals surface area contributed by atoms with Gasteiger partial charge in [-0.1, -0.05) is 376 Å². The number of hydrogen-bond acceptors (Lipinski definition) is 3. The maximum atomic E-state index is 12.1. The Labute approximate surface area is 594 Å². The maximum Gasteiger partial charge on any atom is 0.410 e. The smallest absolute Gasteiger partial charge is 0.410 e. The van der Waals surface area contributed by atoms with Crippen LogP contribution in [0.2, 0.25) is 0 Å². The molecule has 0 saturated heterocycles. The Morgan fingerprint density at radius 1 is 0.309 bits per heavy atom. The first-order valence-electron chi connectivity index (χ1n) is 32.5. The van der Waals surface area contributed by atoms with Gasteiger partial charge < -0.3 is 9.64 Å². The van der Waals surface area contributed by atoms with Gasteiger partial charge in [-0.05, 0) is 146 Å². The molecule has 1 aliphatic rings. The number of nitriles is 1. The SMILES string of the molecule is CC(C)(C)OC(=O)N1CCc2cccc(C#N)c2CC1.[Pd].c1ccc(P(c2ccccc2)c2ccccc2)cc1.c1ccc(P(c2ccccc2)c2ccccc2)cc1.c1ccc(P(c2ccccc2)c2ccccc2)cc1.c1ccc(P(c2ccccc2)c2ccccc2)cc1. The van der Waals surface area contributed by atoms with Crippen molar-refractivity contribution in [3.05, 3.63) is 399 Å². The molecule has 0 fully saturated rings. The maximum absolute atomic E-state index is 12.1. The van der Waals surface area contributed by atoms with Gasteiger partial charge in [0, 0.05) is 33.5 Å². The van der Waals surface area contributed by atoms with Gasteiger partial charge in [0.2, 0.25) is 0 Å². The molecule has 484 valence electrons. The molecule has 14 rings (SSSR count). The third-order valence-corrected chi connectivity index (χ3v) is 25.3. The van der Waals surface area contributed by atoms with E-state index in [9.17, 15) is 4.79 Å². The quantitative estimate of drug-likeness (QED) is 0.0905. The Balaban J connectivity index is 0.000000142. The van der Waals surface area contributed by atoms with Gasteiger partial charge >= 0.3 is 6.09 Å². The number of ether oxygens (including phenoxy) is 1. The largest absolute Gasteiger partial charge is 0.444 e. The average Bonchev–Trinajstić information content (AvgIpc) is 1.74. The van der Waals surface area contributed by atoms with Gasteiger partial charge in [-0.3, -0.25) is 0 Å². The molecule has 13 aromatic rings. The molecule has 0 spiro atoms. The van der Waals surface area contributed by atoms with Crippen molar-refractivity contribution in [1.29, 1.82) is 5.26 Å². The molecule has 1 aliphatic heterocycles. The van der Waals surface area contributed by atoms with Crippen molar-refractivity contribution < 1.29 is 30.0 Å². The second-order valence-electron chi connectivity index (χ2n) is 23.4. The number of fused-ring (bicyclic) bond motifs is 1. The van der Waals surface area contributed by atoms with E-state index in [4.69, 9.17) is 10.00 Å². The summed E-state index contributed by atoms with van der Waals surface area (Å²) in [7, 11) is -1.78. The fourth-order valence-electron chi connectivity index (χ4n) is 11.1. The van der Waals surface area contributed by atoms with Crippen molar-refractivity contribution >= 4 is 101 Å². The summed E-state index contributed by atoms with van der Waals surface area (Å²) in [5, 5.41) is 25.9. The molecule has 4 nitrogen and oxygen atoms in total. The Kier molecular flexibility index (Phi) is 28.8. The summed E-state index contributed by atoms with van der Waals surface area (Å²) < 4.78 is 5.41. The first-order chi connectivity index (χ1) is 47.2. The van der Waals surface area contributed by atoms with Gasteiger partial charge in [0.25, 0.3) is 0 Å². The third-order valence-electron chi connectivity index (χ3n) is 15.5. The second-order valence-corrected chi connectivity index (χ2v) is 32.3. The topological polar surface area (TPSA) is 53.3 Å². The molecule has 13 aromatic carbocycles. The van der Waals surface area contributed by atoms with E-state index in [1.165, 1.54) is 63.7 Å². The van der Waals surface area contributed by atoms with E-state index in [2.05, 4.69) is 370 Å². The molecule has 0 radical (unpaired) electrons. The van der Waals surface area contributed by atoms with E-state index in [0.717, 1.165) is 17.5 Å². The molecule has 9 heteroatoms. The Bertz CT molecular complexity index is 3530. The number of hydrogen-bond donors (Lipinski definition) is 0. The number of carbonyl (C=O) groups excluding carboxylic acids is 1. The fraction of sp³-hybridized carbons (Fsp3) is 0.0909. The monoisotopic (exact) mass is 1430 g/mol. The van der Waals surface area contributed by atoms with Gasteiger partial charge in [0.1, 0.15) is 5.60 Å². The number of benzene rings is 13. The summed E-state index contributed by atoms with van der Waals surface area (Å²) in [5.74, 6) is 0. The van der Waals surface area contributed by atoms with Crippen molar-refractivity contribution in [2.45, 2.75) is 39.2 Å². The van der Waals surface area contributed by atoms with E-state index in [0.29, 0.717) is 25.1 Å². The van der Waals surface area contributed by atoms with Crippen LogP contribution in [0.4, 0.5) is 4.79 Å². The molecule has 0 unspecified atom stereocenters. The summed E-state index contributed by atoms with van der Waals surface area (Å²) in [6.07, 6.45) is 1.20. The summed E-state index contributed by atoms with van der Waals surface area (Å²) in [5.41, 5.74) is 2.47. The van der Waals surface area contributed by atoms with E-state index in [1.54, 1.807) is 4.90 Å². The second kappa shape index (κ2) is 38.7. The van der Waals surface area contributed by atoms with Crippen LogP contribution >= 0.6 is 31.7 Å². The minimum Gasteiger partial charge on any atom is -0.444 e. The van der Waals surface area contributed by atoms with Gasteiger partial charge in [-0.25, -0.2) is 4.79 Å². The first kappa shape index (κ1) is 72.3. The Morgan fingerprint density at radius 3 is 0.691 bits per heavy atom. The van der Waals surface area contributed by atoms with Crippen LogP contribution in [0.1, 0.15) is 37.5 Å². The molecule has 0 aromatic heterocycles. The molecule has 0 atom stereocenters. The molecule has 0 N–H and O–H groups in total. The van der Waals surface area contributed by atoms with Gasteiger partial charge in [-0.2, -0.15) is 5.26 Å². The van der Waals surface area contributed by atoms with Crippen LogP contribution in [0.25, 0.3) is 0 Å². The van der Waals surface area contributed by atoms with Crippen LogP contribution in [-0.2, 0) is 38.0 Å². The predicted octanol–water partition coefficient (Wildman–Crippen LogP) is 16.7. The van der Waals surface area contributed by atoms with Crippen molar-refractivity contribution in [2.24, 2.45) is 0 Å². The summed E-state index contributed by atoms with van der Waals surface area (Å²) in [6, 6.07) is 137. The number of nitrogens with zero attached hydrogens (tertiary/aromatic N) is 2. The molecule has 1 amide bonds. The van der Waals surface area contributed by atoms with E-state index in [1.807, 2.05) is 39.0 Å². The van der Waals surface area contributed by atoms with Crippen molar-refractivity contribution in [1.82, 2.24) is 4.90 Å². The van der Waals surface area contributed by atoms with E-state index in [-0.39, 0.29) is 26.5 Å². The van der Waals surface area contributed by atoms with Gasteiger partial charge in [0.05, 0.1) is 11.6 Å². The standard InChI is InChI=1S/4C18H15P.C16H20N2O2.Pd/c4*1-4-10-16(11-5-1)19(17-12-6-2-7-13-17)18-14-8-3-9-15-18;1-16(2,3)20-15(19)18-9-7-12-5-4-6-13(11-17)14(12)8-10-18;/h4*1-15H;4-6H,7-10H2,1-3H3;. The first-order valence-corrected chi connectivity index (χ1v) is 37.9. The van der Waals surface area contributed by atoms with Crippen LogP contribution in [-0.4, -0.2) is 29.7 Å². The zero-order valence-electron chi connectivity index (χ0n) is 55.0. The number of rotatable bonds is 12. The summed E-state index contributed by atoms with van der Waals surface area (Å²) in [4.78, 5) is 13.8. The Morgan fingerprint density at radius 2 is 0.505 bits per heavy atom. The number of carbonyl (C=O) groups is 1. The minimum absolute atomic E-state index is 0. The van der Waals surface area contributed by atoms with E-state index >= 15 is 0 Å². The summed E-state index contributed by atoms with van der Waals surface area (Å²) >= 11 is 0. The normalized spacial score (nSPS) is 11.4. The zero-order valence-corrected chi connectivity index (χ0v) is 60.1. The molecular weight excluding hydrogens is 1350 g/mol.